The number of fused-ring (bicyclic) bond motifs is 2. The molecule has 0 saturated carbocycles. The topological polar surface area (TPSA) is 37.3 Å². The molecule has 2 aliphatic rings. The molecule has 2 heterocycles. The molecule has 0 spiro atoms. The zero-order valence-corrected chi connectivity index (χ0v) is 10.9. The van der Waals surface area contributed by atoms with Gasteiger partial charge in [0.05, 0.1) is 6.10 Å². The average Bonchev–Trinajstić information content (AvgIpc) is 2.32. The van der Waals surface area contributed by atoms with Crippen molar-refractivity contribution in [2.75, 3.05) is 0 Å². The minimum Gasteiger partial charge on any atom is -0.393 e. The van der Waals surface area contributed by atoms with E-state index in [4.69, 9.17) is 0 Å². The lowest BCUT2D eigenvalue weighted by Gasteiger charge is -2.44. The molecule has 3 rings (SSSR count). The highest BCUT2D eigenvalue weighted by molar-refractivity contribution is 7.73. The van der Waals surface area contributed by atoms with E-state index < -0.39 is 7.14 Å². The van der Waals surface area contributed by atoms with Gasteiger partial charge < -0.3 is 9.67 Å². The van der Waals surface area contributed by atoms with Gasteiger partial charge in [0.25, 0.3) is 0 Å². The Bertz CT molecular complexity index is 425. The molecule has 2 bridgehead atoms. The maximum absolute atomic E-state index is 13.4. The Labute approximate surface area is 102 Å². The van der Waals surface area contributed by atoms with Crippen molar-refractivity contribution in [2.24, 2.45) is 0 Å². The number of hydrogen-bond donors (Lipinski definition) is 1. The highest BCUT2D eigenvalue weighted by Crippen LogP contribution is 2.65. The van der Waals surface area contributed by atoms with Crippen LogP contribution in [0.4, 0.5) is 0 Å². The van der Waals surface area contributed by atoms with Crippen LogP contribution in [0.2, 0.25) is 0 Å². The maximum Gasteiger partial charge on any atom is 0.121 e. The van der Waals surface area contributed by atoms with E-state index in [0.29, 0.717) is 0 Å². The van der Waals surface area contributed by atoms with E-state index in [9.17, 15) is 9.67 Å². The Morgan fingerprint density at radius 3 is 2.24 bits per heavy atom. The second-order valence-electron chi connectivity index (χ2n) is 5.41. The van der Waals surface area contributed by atoms with Crippen LogP contribution < -0.4 is 5.30 Å². The van der Waals surface area contributed by atoms with Crippen molar-refractivity contribution in [3.8, 4) is 0 Å². The van der Waals surface area contributed by atoms with Crippen molar-refractivity contribution in [2.45, 2.75) is 49.5 Å². The molecule has 0 aliphatic carbocycles. The van der Waals surface area contributed by atoms with Crippen molar-refractivity contribution in [3.63, 3.8) is 0 Å². The molecule has 2 nitrogen and oxygen atoms in total. The van der Waals surface area contributed by atoms with Gasteiger partial charge in [0.1, 0.15) is 7.14 Å². The highest BCUT2D eigenvalue weighted by Gasteiger charge is 2.48. The third-order valence-corrected chi connectivity index (χ3v) is 8.62. The molecule has 17 heavy (non-hydrogen) atoms. The number of benzene rings is 1. The Morgan fingerprint density at radius 1 is 1.06 bits per heavy atom. The highest BCUT2D eigenvalue weighted by atomic mass is 31.2. The van der Waals surface area contributed by atoms with Crippen LogP contribution in [-0.4, -0.2) is 22.5 Å². The van der Waals surface area contributed by atoms with Crippen molar-refractivity contribution in [1.82, 2.24) is 0 Å². The molecule has 4 atom stereocenters. The summed E-state index contributed by atoms with van der Waals surface area (Å²) in [5.41, 5.74) is 0.458. The first-order chi connectivity index (χ1) is 8.21. The third kappa shape index (κ3) is 1.78. The van der Waals surface area contributed by atoms with Crippen molar-refractivity contribution >= 4 is 12.4 Å². The quantitative estimate of drug-likeness (QED) is 0.778. The van der Waals surface area contributed by atoms with Gasteiger partial charge in [0.2, 0.25) is 0 Å². The van der Waals surface area contributed by atoms with E-state index in [1.165, 1.54) is 6.42 Å². The first-order valence-electron chi connectivity index (χ1n) is 6.54. The van der Waals surface area contributed by atoms with Crippen LogP contribution in [0.25, 0.3) is 0 Å². The summed E-state index contributed by atoms with van der Waals surface area (Å²) < 4.78 is 13.4. The van der Waals surface area contributed by atoms with Crippen LogP contribution in [0, 0.1) is 0 Å². The number of aliphatic hydroxyl groups is 1. The zero-order chi connectivity index (χ0) is 11.9. The average molecular weight is 250 g/mol. The second-order valence-corrected chi connectivity index (χ2v) is 8.80. The molecule has 1 aromatic carbocycles. The first-order valence-corrected chi connectivity index (χ1v) is 8.39. The van der Waals surface area contributed by atoms with Crippen LogP contribution in [-0.2, 0) is 4.57 Å². The van der Waals surface area contributed by atoms with Crippen molar-refractivity contribution in [3.05, 3.63) is 30.3 Å². The molecule has 0 amide bonds. The summed E-state index contributed by atoms with van der Waals surface area (Å²) in [5.74, 6) is 0. The normalized spacial score (nSPS) is 41.1. The summed E-state index contributed by atoms with van der Waals surface area (Å²) in [6.07, 6.45) is 4.49. The molecule has 2 fully saturated rings. The molecule has 1 N–H and O–H groups in total. The Balaban J connectivity index is 2.04. The Hall–Kier alpha value is -0.590. The molecular weight excluding hydrogens is 231 g/mol. The van der Waals surface area contributed by atoms with E-state index in [1.54, 1.807) is 0 Å². The van der Waals surface area contributed by atoms with Crippen LogP contribution in [0.3, 0.4) is 0 Å². The minimum absolute atomic E-state index is 0.226. The van der Waals surface area contributed by atoms with E-state index >= 15 is 0 Å². The fraction of sp³-hybridized carbons (Fsp3) is 0.571. The van der Waals surface area contributed by atoms with Crippen molar-refractivity contribution in [1.29, 1.82) is 0 Å². The van der Waals surface area contributed by atoms with Gasteiger partial charge >= 0.3 is 0 Å². The zero-order valence-electron chi connectivity index (χ0n) is 9.96. The van der Waals surface area contributed by atoms with Gasteiger partial charge in [-0.15, -0.1) is 0 Å². The van der Waals surface area contributed by atoms with E-state index in [0.717, 1.165) is 31.0 Å². The van der Waals surface area contributed by atoms with Crippen LogP contribution in [0.1, 0.15) is 32.1 Å². The minimum atomic E-state index is -2.28. The standard InChI is InChI=1S/C14H19O2P/c15-11-9-13-7-4-8-14(10-11)17(13,16)12-5-2-1-3-6-12/h1-3,5-6,11,13-15H,4,7-10H2/t11?,13-,14+,17?. The molecule has 0 aromatic heterocycles. The largest absolute Gasteiger partial charge is 0.393 e. The lowest BCUT2D eigenvalue weighted by atomic mass is 9.96. The van der Waals surface area contributed by atoms with E-state index in [1.807, 2.05) is 30.3 Å². The van der Waals surface area contributed by atoms with Crippen LogP contribution in [0.5, 0.6) is 0 Å². The maximum atomic E-state index is 13.4. The summed E-state index contributed by atoms with van der Waals surface area (Å²) in [5, 5.41) is 10.9. The summed E-state index contributed by atoms with van der Waals surface area (Å²) in [7, 11) is -2.28. The summed E-state index contributed by atoms with van der Waals surface area (Å²) >= 11 is 0. The number of rotatable bonds is 1. The van der Waals surface area contributed by atoms with E-state index in [2.05, 4.69) is 0 Å². The summed E-state index contributed by atoms with van der Waals surface area (Å²) in [6, 6.07) is 9.98. The predicted molar refractivity (Wildman–Crippen MR) is 70.4 cm³/mol. The monoisotopic (exact) mass is 250 g/mol. The van der Waals surface area contributed by atoms with Gasteiger partial charge in [-0.2, -0.15) is 0 Å². The van der Waals surface area contributed by atoms with Crippen LogP contribution >= 0.6 is 7.14 Å². The van der Waals surface area contributed by atoms with Gasteiger partial charge in [0.15, 0.2) is 0 Å². The van der Waals surface area contributed by atoms with Crippen LogP contribution in [0.15, 0.2) is 30.3 Å². The van der Waals surface area contributed by atoms with Gasteiger partial charge in [-0.25, -0.2) is 0 Å². The molecule has 2 saturated heterocycles. The molecule has 92 valence electrons. The lowest BCUT2D eigenvalue weighted by Crippen LogP contribution is -2.39. The second kappa shape index (κ2) is 4.26. The molecule has 3 heteroatoms. The Morgan fingerprint density at radius 2 is 1.65 bits per heavy atom. The molecule has 0 radical (unpaired) electrons. The smallest absolute Gasteiger partial charge is 0.121 e. The van der Waals surface area contributed by atoms with Gasteiger partial charge in [-0.1, -0.05) is 36.8 Å². The number of hydrogen-bond acceptors (Lipinski definition) is 2. The van der Waals surface area contributed by atoms with Gasteiger partial charge in [0, 0.05) is 16.6 Å². The SMILES string of the molecule is O=P1(c2ccccc2)[C@@H]2CCC[C@H]1CC(O)C2. The van der Waals surface area contributed by atoms with Gasteiger partial charge in [-0.05, 0) is 25.7 Å². The van der Waals surface area contributed by atoms with Gasteiger partial charge in [-0.3, -0.25) is 0 Å². The fourth-order valence-electron chi connectivity index (χ4n) is 3.63. The molecule has 2 unspecified atom stereocenters. The Kier molecular flexibility index (Phi) is 2.88. The molecular formula is C14H19O2P. The fourth-order valence-corrected chi connectivity index (χ4v) is 7.95. The third-order valence-electron chi connectivity index (χ3n) is 4.41. The molecule has 2 aliphatic heterocycles. The van der Waals surface area contributed by atoms with E-state index in [-0.39, 0.29) is 17.4 Å². The predicted octanol–water partition coefficient (Wildman–Crippen LogP) is 2.75. The number of aliphatic hydroxyl groups excluding tert-OH is 1. The molecule has 1 aromatic rings. The summed E-state index contributed by atoms with van der Waals surface area (Å²) in [6.45, 7) is 0. The summed E-state index contributed by atoms with van der Waals surface area (Å²) in [4.78, 5) is 0. The first kappa shape index (κ1) is 11.5. The lowest BCUT2D eigenvalue weighted by molar-refractivity contribution is 0.134. The van der Waals surface area contributed by atoms with Crippen molar-refractivity contribution < 1.29 is 9.67 Å².